The number of hydrogen-bond donors (Lipinski definition) is 1. The van der Waals surface area contributed by atoms with Crippen molar-refractivity contribution in [1.29, 1.82) is 0 Å². The second kappa shape index (κ2) is 9.93. The zero-order valence-electron chi connectivity index (χ0n) is 13.6. The van der Waals surface area contributed by atoms with E-state index in [0.717, 1.165) is 24.8 Å². The van der Waals surface area contributed by atoms with Gasteiger partial charge in [0.1, 0.15) is 0 Å². The second-order valence-electron chi connectivity index (χ2n) is 5.70. The number of hydrogen-bond acceptors (Lipinski definition) is 3. The number of rotatable bonds is 7. The van der Waals surface area contributed by atoms with E-state index in [0.29, 0.717) is 11.6 Å². The molecule has 1 N–H and O–H groups in total. The summed E-state index contributed by atoms with van der Waals surface area (Å²) in [6.45, 7) is 0.325. The highest BCUT2D eigenvalue weighted by Crippen LogP contribution is 2.19. The molecule has 4 nitrogen and oxygen atoms in total. The summed E-state index contributed by atoms with van der Waals surface area (Å²) in [5, 5.41) is 3.40. The molecule has 0 heterocycles. The molecule has 0 atom stereocenters. The molecule has 0 unspecified atom stereocenters. The van der Waals surface area contributed by atoms with E-state index in [4.69, 9.17) is 16.3 Å². The van der Waals surface area contributed by atoms with E-state index in [1.54, 1.807) is 30.3 Å². The normalized spacial score (nSPS) is 14.3. The van der Waals surface area contributed by atoms with Gasteiger partial charge in [-0.1, -0.05) is 35.4 Å². The van der Waals surface area contributed by atoms with Crippen molar-refractivity contribution in [3.8, 4) is 0 Å². The molecule has 1 aromatic rings. The minimum absolute atomic E-state index is 0.261. The Kier molecular flexibility index (Phi) is 7.56. The SMILES string of the molecule is O=C(COC(=O)/C=C/c1ccc(Cl)cc1)NCCC1=CCCCC1. The molecule has 1 aromatic carbocycles. The molecule has 0 fully saturated rings. The van der Waals surface area contributed by atoms with Crippen molar-refractivity contribution in [2.75, 3.05) is 13.2 Å². The highest BCUT2D eigenvalue weighted by atomic mass is 35.5. The third-order valence-corrected chi connectivity index (χ3v) is 4.03. The van der Waals surface area contributed by atoms with Gasteiger partial charge >= 0.3 is 5.97 Å². The maximum Gasteiger partial charge on any atom is 0.331 e. The average molecular weight is 348 g/mol. The summed E-state index contributed by atoms with van der Waals surface area (Å²) in [6, 6.07) is 7.06. The van der Waals surface area contributed by atoms with E-state index in [2.05, 4.69) is 11.4 Å². The van der Waals surface area contributed by atoms with Crippen LogP contribution < -0.4 is 5.32 Å². The lowest BCUT2D eigenvalue weighted by Gasteiger charge is -2.12. The van der Waals surface area contributed by atoms with Gasteiger partial charge in [0, 0.05) is 17.6 Å². The van der Waals surface area contributed by atoms with Crippen LogP contribution in [0.1, 0.15) is 37.7 Å². The molecule has 128 valence electrons. The fraction of sp³-hybridized carbons (Fsp3) is 0.368. The number of ether oxygens (including phenoxy) is 1. The first-order valence-electron chi connectivity index (χ1n) is 8.18. The molecule has 0 saturated carbocycles. The van der Waals surface area contributed by atoms with Crippen molar-refractivity contribution in [3.63, 3.8) is 0 Å². The van der Waals surface area contributed by atoms with Gasteiger partial charge in [0.2, 0.25) is 0 Å². The molecule has 1 aliphatic carbocycles. The van der Waals surface area contributed by atoms with E-state index >= 15 is 0 Å². The fourth-order valence-corrected chi connectivity index (χ4v) is 2.59. The second-order valence-corrected chi connectivity index (χ2v) is 6.14. The van der Waals surface area contributed by atoms with E-state index in [1.165, 1.54) is 24.5 Å². The first-order chi connectivity index (χ1) is 11.6. The van der Waals surface area contributed by atoms with Crippen LogP contribution in [-0.2, 0) is 14.3 Å². The summed E-state index contributed by atoms with van der Waals surface area (Å²) in [6.07, 6.45) is 10.8. The maximum atomic E-state index is 11.7. The number of halogens is 1. The van der Waals surface area contributed by atoms with Crippen molar-refractivity contribution >= 4 is 29.6 Å². The van der Waals surface area contributed by atoms with Crippen LogP contribution in [0.5, 0.6) is 0 Å². The van der Waals surface area contributed by atoms with Gasteiger partial charge in [0.05, 0.1) is 0 Å². The number of esters is 1. The van der Waals surface area contributed by atoms with Crippen molar-refractivity contribution < 1.29 is 14.3 Å². The minimum atomic E-state index is -0.546. The minimum Gasteiger partial charge on any atom is -0.452 e. The zero-order valence-corrected chi connectivity index (χ0v) is 14.3. The Labute approximate surface area is 147 Å². The number of carbonyl (C=O) groups excluding carboxylic acids is 2. The predicted molar refractivity (Wildman–Crippen MR) is 95.6 cm³/mol. The Morgan fingerprint density at radius 1 is 1.21 bits per heavy atom. The lowest BCUT2D eigenvalue weighted by Crippen LogP contribution is -2.29. The van der Waals surface area contributed by atoms with Gasteiger partial charge in [-0.3, -0.25) is 4.79 Å². The smallest absolute Gasteiger partial charge is 0.331 e. The van der Waals surface area contributed by atoms with Crippen LogP contribution in [-0.4, -0.2) is 25.0 Å². The van der Waals surface area contributed by atoms with Crippen molar-refractivity contribution in [1.82, 2.24) is 5.32 Å². The summed E-state index contributed by atoms with van der Waals surface area (Å²) < 4.78 is 4.91. The van der Waals surface area contributed by atoms with Gasteiger partial charge < -0.3 is 10.1 Å². The predicted octanol–water partition coefficient (Wildman–Crippen LogP) is 3.90. The van der Waals surface area contributed by atoms with Crippen LogP contribution in [0, 0.1) is 0 Å². The van der Waals surface area contributed by atoms with Crippen LogP contribution in [0.2, 0.25) is 5.02 Å². The Morgan fingerprint density at radius 2 is 2.00 bits per heavy atom. The monoisotopic (exact) mass is 347 g/mol. The lowest BCUT2D eigenvalue weighted by atomic mass is 9.97. The summed E-state index contributed by atoms with van der Waals surface area (Å²) in [7, 11) is 0. The van der Waals surface area contributed by atoms with Gasteiger partial charge in [-0.2, -0.15) is 0 Å². The third kappa shape index (κ3) is 7.01. The number of allylic oxidation sites excluding steroid dienone is 1. The molecule has 0 aliphatic heterocycles. The van der Waals surface area contributed by atoms with E-state index in [1.807, 2.05) is 0 Å². The molecule has 0 bridgehead atoms. The van der Waals surface area contributed by atoms with E-state index < -0.39 is 5.97 Å². The summed E-state index contributed by atoms with van der Waals surface area (Å²) >= 11 is 5.79. The topological polar surface area (TPSA) is 55.4 Å². The Hall–Kier alpha value is -2.07. The lowest BCUT2D eigenvalue weighted by molar-refractivity contribution is -0.143. The summed E-state index contributed by atoms with van der Waals surface area (Å²) in [5.74, 6) is -0.824. The molecule has 0 aromatic heterocycles. The zero-order chi connectivity index (χ0) is 17.2. The largest absolute Gasteiger partial charge is 0.452 e. The molecule has 2 rings (SSSR count). The summed E-state index contributed by atoms with van der Waals surface area (Å²) in [4.78, 5) is 23.2. The quantitative estimate of drug-likeness (QED) is 0.462. The Balaban J connectivity index is 1.62. The van der Waals surface area contributed by atoms with Crippen molar-refractivity contribution in [3.05, 3.63) is 52.6 Å². The Morgan fingerprint density at radius 3 is 2.71 bits per heavy atom. The number of carbonyl (C=O) groups is 2. The standard InChI is InChI=1S/C19H22ClNO3/c20-17-9-6-16(7-10-17)8-11-19(23)24-14-18(22)21-13-12-15-4-2-1-3-5-15/h4,6-11H,1-3,5,12-14H2,(H,21,22)/b11-8+. The van der Waals surface area contributed by atoms with Crippen LogP contribution >= 0.6 is 11.6 Å². The highest BCUT2D eigenvalue weighted by Gasteiger charge is 2.07. The number of benzene rings is 1. The highest BCUT2D eigenvalue weighted by molar-refractivity contribution is 6.30. The molecule has 1 aliphatic rings. The fourth-order valence-electron chi connectivity index (χ4n) is 2.47. The third-order valence-electron chi connectivity index (χ3n) is 3.78. The van der Waals surface area contributed by atoms with Gasteiger partial charge in [0.15, 0.2) is 6.61 Å². The molecule has 5 heteroatoms. The van der Waals surface area contributed by atoms with Crippen LogP contribution in [0.4, 0.5) is 0 Å². The van der Waals surface area contributed by atoms with Gasteiger partial charge in [-0.25, -0.2) is 4.79 Å². The van der Waals surface area contributed by atoms with Gasteiger partial charge in [0.25, 0.3) is 5.91 Å². The van der Waals surface area contributed by atoms with Gasteiger partial charge in [-0.15, -0.1) is 0 Å². The number of amides is 1. The van der Waals surface area contributed by atoms with E-state index in [9.17, 15) is 9.59 Å². The van der Waals surface area contributed by atoms with Crippen LogP contribution in [0.3, 0.4) is 0 Å². The average Bonchev–Trinajstić information content (AvgIpc) is 2.60. The van der Waals surface area contributed by atoms with Crippen LogP contribution in [0.25, 0.3) is 6.08 Å². The Bertz CT molecular complexity index is 620. The van der Waals surface area contributed by atoms with Crippen LogP contribution in [0.15, 0.2) is 42.0 Å². The number of nitrogens with one attached hydrogen (secondary N) is 1. The molecule has 0 radical (unpaired) electrons. The molecule has 24 heavy (non-hydrogen) atoms. The first kappa shape index (κ1) is 18.3. The molecule has 0 saturated heterocycles. The van der Waals surface area contributed by atoms with Gasteiger partial charge in [-0.05, 0) is 55.9 Å². The first-order valence-corrected chi connectivity index (χ1v) is 8.56. The molecule has 0 spiro atoms. The van der Waals surface area contributed by atoms with Crippen molar-refractivity contribution in [2.24, 2.45) is 0 Å². The molecule has 1 amide bonds. The molecular weight excluding hydrogens is 326 g/mol. The van der Waals surface area contributed by atoms with E-state index in [-0.39, 0.29) is 12.5 Å². The summed E-state index contributed by atoms with van der Waals surface area (Å²) in [5.41, 5.74) is 2.24. The molecular formula is C19H22ClNO3. The van der Waals surface area contributed by atoms with Crippen molar-refractivity contribution in [2.45, 2.75) is 32.1 Å². The maximum absolute atomic E-state index is 11.7.